The maximum absolute atomic E-state index is 9.77. The fourth-order valence-corrected chi connectivity index (χ4v) is 2.65. The molecule has 2 heterocycles. The van der Waals surface area contributed by atoms with Crippen LogP contribution in [0.1, 0.15) is 46.4 Å². The second kappa shape index (κ2) is 4.15. The topological polar surface area (TPSA) is 75.3 Å². The van der Waals surface area contributed by atoms with Crippen molar-refractivity contribution in [3.63, 3.8) is 0 Å². The smallest absolute Gasteiger partial charge is 0.178 e. The van der Waals surface area contributed by atoms with Crippen LogP contribution in [0.5, 0.6) is 0 Å². The third-order valence-electron chi connectivity index (χ3n) is 3.66. The highest BCUT2D eigenvalue weighted by Gasteiger charge is 2.38. The van der Waals surface area contributed by atoms with E-state index in [1.165, 1.54) is 0 Å². The number of nitrogens with one attached hydrogen (secondary N) is 1. The van der Waals surface area contributed by atoms with Gasteiger partial charge in [0.15, 0.2) is 11.5 Å². The van der Waals surface area contributed by atoms with E-state index >= 15 is 0 Å². The predicted molar refractivity (Wildman–Crippen MR) is 76.8 cm³/mol. The molecule has 108 valence electrons. The van der Waals surface area contributed by atoms with Gasteiger partial charge in [0, 0.05) is 11.5 Å². The molecule has 0 atom stereocenters. The minimum absolute atomic E-state index is 0.106. The van der Waals surface area contributed by atoms with Crippen molar-refractivity contribution in [1.29, 1.82) is 0 Å². The summed E-state index contributed by atoms with van der Waals surface area (Å²) in [6.07, 6.45) is 1.50. The Morgan fingerprint density at radius 1 is 1.30 bits per heavy atom. The maximum Gasteiger partial charge on any atom is 0.178 e. The molecule has 0 bridgehead atoms. The molecule has 3 rings (SSSR count). The van der Waals surface area contributed by atoms with Crippen molar-refractivity contribution >= 4 is 11.5 Å². The van der Waals surface area contributed by atoms with Gasteiger partial charge in [-0.1, -0.05) is 20.8 Å². The number of rotatable bonds is 2. The molecular formula is C14H21N5O. The first-order valence-electron chi connectivity index (χ1n) is 6.96. The summed E-state index contributed by atoms with van der Waals surface area (Å²) in [6.45, 7) is 8.14. The van der Waals surface area contributed by atoms with E-state index in [1.807, 2.05) is 19.1 Å². The molecule has 6 nitrogen and oxygen atoms in total. The zero-order chi connectivity index (χ0) is 14.5. The normalized spacial score (nSPS) is 26.6. The molecule has 1 fully saturated rings. The fourth-order valence-electron chi connectivity index (χ4n) is 2.65. The lowest BCUT2D eigenvalue weighted by molar-refractivity contribution is -0.0235. The Kier molecular flexibility index (Phi) is 2.76. The first-order chi connectivity index (χ1) is 9.24. The lowest BCUT2D eigenvalue weighted by Crippen LogP contribution is -2.48. The summed E-state index contributed by atoms with van der Waals surface area (Å²) in [5, 5.41) is 26.1. The van der Waals surface area contributed by atoms with Crippen LogP contribution in [0.2, 0.25) is 0 Å². The lowest BCUT2D eigenvalue weighted by Gasteiger charge is -2.41. The van der Waals surface area contributed by atoms with Crippen LogP contribution in [0.4, 0.5) is 5.82 Å². The minimum atomic E-state index is -0.533. The Hall–Kier alpha value is -1.69. The Bertz CT molecular complexity index is 633. The van der Waals surface area contributed by atoms with Gasteiger partial charge in [0.2, 0.25) is 0 Å². The Morgan fingerprint density at radius 2 is 2.00 bits per heavy atom. The van der Waals surface area contributed by atoms with E-state index in [9.17, 15) is 5.11 Å². The summed E-state index contributed by atoms with van der Waals surface area (Å²) in [4.78, 5) is 0. The van der Waals surface area contributed by atoms with Gasteiger partial charge in [-0.2, -0.15) is 4.52 Å². The first kappa shape index (κ1) is 13.3. The van der Waals surface area contributed by atoms with Crippen LogP contribution in [0.15, 0.2) is 12.1 Å². The summed E-state index contributed by atoms with van der Waals surface area (Å²) in [6, 6.07) is 4.10. The Balaban J connectivity index is 1.86. The quantitative estimate of drug-likeness (QED) is 0.873. The van der Waals surface area contributed by atoms with Crippen LogP contribution in [0.25, 0.3) is 5.65 Å². The first-order valence-corrected chi connectivity index (χ1v) is 6.96. The molecular weight excluding hydrogens is 254 g/mol. The third-order valence-corrected chi connectivity index (χ3v) is 3.66. The van der Waals surface area contributed by atoms with Crippen molar-refractivity contribution in [2.24, 2.45) is 0 Å². The number of nitrogens with zero attached hydrogens (tertiary/aromatic N) is 4. The van der Waals surface area contributed by atoms with Crippen LogP contribution in [0, 0.1) is 0 Å². The highest BCUT2D eigenvalue weighted by Crippen LogP contribution is 2.33. The lowest BCUT2D eigenvalue weighted by atomic mass is 9.77. The molecule has 0 saturated heterocycles. The van der Waals surface area contributed by atoms with Crippen molar-refractivity contribution in [2.45, 2.75) is 57.6 Å². The SMILES string of the molecule is CC1(O)CC(Nc2ccc3nnc(C(C)(C)C)n3n2)C1. The van der Waals surface area contributed by atoms with Gasteiger partial charge in [-0.05, 0) is 31.9 Å². The highest BCUT2D eigenvalue weighted by molar-refractivity contribution is 5.45. The summed E-state index contributed by atoms with van der Waals surface area (Å²) >= 11 is 0. The highest BCUT2D eigenvalue weighted by atomic mass is 16.3. The van der Waals surface area contributed by atoms with E-state index in [0.29, 0.717) is 0 Å². The van der Waals surface area contributed by atoms with Crippen molar-refractivity contribution in [1.82, 2.24) is 19.8 Å². The van der Waals surface area contributed by atoms with Gasteiger partial charge < -0.3 is 10.4 Å². The summed E-state index contributed by atoms with van der Waals surface area (Å²) in [5.74, 6) is 1.64. The molecule has 2 N–H and O–H groups in total. The molecule has 6 heteroatoms. The average molecular weight is 275 g/mol. The molecule has 1 saturated carbocycles. The van der Waals surface area contributed by atoms with Gasteiger partial charge >= 0.3 is 0 Å². The Morgan fingerprint density at radius 3 is 2.60 bits per heavy atom. The van der Waals surface area contributed by atoms with Crippen LogP contribution >= 0.6 is 0 Å². The van der Waals surface area contributed by atoms with Crippen LogP contribution in [-0.4, -0.2) is 36.6 Å². The summed E-state index contributed by atoms with van der Waals surface area (Å²) in [5.41, 5.74) is 0.112. The van der Waals surface area contributed by atoms with Gasteiger partial charge in [-0.25, -0.2) is 0 Å². The number of anilines is 1. The zero-order valence-electron chi connectivity index (χ0n) is 12.4. The van der Waals surface area contributed by atoms with Gasteiger partial charge in [0.05, 0.1) is 5.60 Å². The molecule has 1 aliphatic rings. The van der Waals surface area contributed by atoms with E-state index in [2.05, 4.69) is 41.4 Å². The predicted octanol–water partition coefficient (Wildman–Crippen LogP) is 1.75. The molecule has 0 aliphatic heterocycles. The van der Waals surface area contributed by atoms with Gasteiger partial charge in [0.1, 0.15) is 5.82 Å². The minimum Gasteiger partial charge on any atom is -0.390 e. The number of fused-ring (bicyclic) bond motifs is 1. The van der Waals surface area contributed by atoms with Gasteiger partial charge in [-0.3, -0.25) is 0 Å². The number of aromatic nitrogens is 4. The fraction of sp³-hybridized carbons (Fsp3) is 0.643. The van der Waals surface area contributed by atoms with E-state index in [-0.39, 0.29) is 11.5 Å². The van der Waals surface area contributed by atoms with E-state index in [1.54, 1.807) is 4.52 Å². The van der Waals surface area contributed by atoms with Crippen molar-refractivity contribution in [3.8, 4) is 0 Å². The molecule has 0 radical (unpaired) electrons. The van der Waals surface area contributed by atoms with Crippen molar-refractivity contribution in [3.05, 3.63) is 18.0 Å². The zero-order valence-corrected chi connectivity index (χ0v) is 12.4. The van der Waals surface area contributed by atoms with Gasteiger partial charge in [-0.15, -0.1) is 15.3 Å². The van der Waals surface area contributed by atoms with E-state index in [0.717, 1.165) is 30.1 Å². The summed E-state index contributed by atoms with van der Waals surface area (Å²) in [7, 11) is 0. The summed E-state index contributed by atoms with van der Waals surface area (Å²) < 4.78 is 1.79. The monoisotopic (exact) mass is 275 g/mol. The largest absolute Gasteiger partial charge is 0.390 e. The molecule has 20 heavy (non-hydrogen) atoms. The molecule has 2 aromatic heterocycles. The molecule has 0 aromatic carbocycles. The van der Waals surface area contributed by atoms with E-state index in [4.69, 9.17) is 0 Å². The van der Waals surface area contributed by atoms with Gasteiger partial charge in [0.25, 0.3) is 0 Å². The number of hydrogen-bond acceptors (Lipinski definition) is 5. The molecule has 0 unspecified atom stereocenters. The number of aliphatic hydroxyl groups is 1. The van der Waals surface area contributed by atoms with Crippen molar-refractivity contribution < 1.29 is 5.11 Å². The Labute approximate surface area is 118 Å². The standard InChI is InChI=1S/C14H21N5O/c1-13(2,3)12-17-16-11-6-5-10(18-19(11)12)15-9-7-14(4,20)8-9/h5-6,9,20H,7-8H2,1-4H3,(H,15,18). The molecule has 0 spiro atoms. The van der Waals surface area contributed by atoms with Crippen LogP contribution in [0.3, 0.4) is 0 Å². The third kappa shape index (κ3) is 2.35. The van der Waals surface area contributed by atoms with E-state index < -0.39 is 5.60 Å². The molecule has 0 amide bonds. The maximum atomic E-state index is 9.77. The molecule has 2 aromatic rings. The number of hydrogen-bond donors (Lipinski definition) is 2. The average Bonchev–Trinajstić information content (AvgIpc) is 2.68. The second-order valence-corrected chi connectivity index (χ2v) is 7.01. The molecule has 1 aliphatic carbocycles. The van der Waals surface area contributed by atoms with Crippen molar-refractivity contribution in [2.75, 3.05) is 5.32 Å². The second-order valence-electron chi connectivity index (χ2n) is 7.01. The van der Waals surface area contributed by atoms with Crippen LogP contribution < -0.4 is 5.32 Å². The van der Waals surface area contributed by atoms with Crippen LogP contribution in [-0.2, 0) is 5.41 Å².